The predicted molar refractivity (Wildman–Crippen MR) is 153 cm³/mol. The van der Waals surface area contributed by atoms with E-state index in [9.17, 15) is 18.7 Å². The minimum Gasteiger partial charge on any atom is -0.395 e. The van der Waals surface area contributed by atoms with Crippen molar-refractivity contribution in [3.63, 3.8) is 0 Å². The summed E-state index contributed by atoms with van der Waals surface area (Å²) < 4.78 is 29.9. The molecule has 0 radical (unpaired) electrons. The van der Waals surface area contributed by atoms with Crippen LogP contribution < -0.4 is 16.0 Å². The number of imidazole rings is 1. The van der Waals surface area contributed by atoms with E-state index in [0.29, 0.717) is 49.2 Å². The maximum absolute atomic E-state index is 14.4. The number of nitrogens with zero attached hydrogens (tertiary/aromatic N) is 2. The van der Waals surface area contributed by atoms with Crippen LogP contribution in [0.5, 0.6) is 0 Å². The van der Waals surface area contributed by atoms with E-state index >= 15 is 0 Å². The molecule has 9 heteroatoms. The number of aliphatic hydroxyl groups is 1. The molecule has 0 unspecified atom stereocenters. The Kier molecular flexibility index (Phi) is 9.71. The number of nitrogens with one attached hydrogen (secondary N) is 3. The third kappa shape index (κ3) is 7.33. The van der Waals surface area contributed by atoms with Gasteiger partial charge in [-0.25, -0.2) is 13.8 Å². The molecule has 0 saturated heterocycles. The Hall–Kier alpha value is -3.14. The number of aliphatic hydroxyl groups excluding tert-OH is 1. The van der Waals surface area contributed by atoms with E-state index in [4.69, 9.17) is 0 Å². The van der Waals surface area contributed by atoms with Gasteiger partial charge in [-0.2, -0.15) is 0 Å². The summed E-state index contributed by atoms with van der Waals surface area (Å²) in [6.07, 6.45) is 6.56. The summed E-state index contributed by atoms with van der Waals surface area (Å²) in [4.78, 5) is 17.7. The number of hydrogen-bond donors (Lipinski definition) is 4. The minimum absolute atomic E-state index is 0.0424. The zero-order valence-electron chi connectivity index (χ0n) is 23.8. The van der Waals surface area contributed by atoms with E-state index in [2.05, 4.69) is 41.7 Å². The van der Waals surface area contributed by atoms with E-state index < -0.39 is 17.7 Å². The molecular weight excluding hydrogens is 512 g/mol. The Morgan fingerprint density at radius 3 is 2.73 bits per heavy atom. The van der Waals surface area contributed by atoms with Crippen molar-refractivity contribution >= 4 is 11.7 Å². The molecule has 1 heterocycles. The molecule has 1 aliphatic carbocycles. The van der Waals surface area contributed by atoms with E-state index in [-0.39, 0.29) is 30.0 Å². The van der Waals surface area contributed by atoms with Gasteiger partial charge >= 0.3 is 0 Å². The molecular formula is C31H41F2N5O2. The first kappa shape index (κ1) is 29.8. The van der Waals surface area contributed by atoms with Crippen molar-refractivity contribution in [2.24, 2.45) is 5.41 Å². The van der Waals surface area contributed by atoms with Crippen molar-refractivity contribution in [2.45, 2.75) is 84.5 Å². The Bertz CT molecular complexity index is 1300. The van der Waals surface area contributed by atoms with Crippen molar-refractivity contribution < 1.29 is 18.7 Å². The topological polar surface area (TPSA) is 91.2 Å². The SMILES string of the molecule is CCC[C@@H](N[C@H]1CCc2cc(F)cc(F)c2C1)C(=O)Nc1cn(-c2ccccc2CN[C@H](CO)C(C)(C)C)cn1. The number of carbonyl (C=O) groups excluding carboxylic acids is 1. The van der Waals surface area contributed by atoms with Crippen LogP contribution in [0.25, 0.3) is 5.69 Å². The molecule has 3 aromatic rings. The highest BCUT2D eigenvalue weighted by atomic mass is 19.1. The van der Waals surface area contributed by atoms with Gasteiger partial charge in [0.05, 0.1) is 24.5 Å². The Morgan fingerprint density at radius 1 is 1.23 bits per heavy atom. The van der Waals surface area contributed by atoms with Gasteiger partial charge in [0.1, 0.15) is 18.0 Å². The van der Waals surface area contributed by atoms with Crippen LogP contribution in [0.3, 0.4) is 0 Å². The van der Waals surface area contributed by atoms with Crippen molar-refractivity contribution in [1.82, 2.24) is 20.2 Å². The second-order valence-corrected chi connectivity index (χ2v) is 11.7. The van der Waals surface area contributed by atoms with Gasteiger partial charge in [0.25, 0.3) is 0 Å². The molecule has 3 atom stereocenters. The summed E-state index contributed by atoms with van der Waals surface area (Å²) in [6, 6.07) is 9.67. The van der Waals surface area contributed by atoms with Gasteiger partial charge in [-0.05, 0) is 59.9 Å². The molecule has 0 saturated carbocycles. The Morgan fingerprint density at radius 2 is 2.00 bits per heavy atom. The van der Waals surface area contributed by atoms with Crippen molar-refractivity contribution in [3.05, 3.63) is 77.2 Å². The van der Waals surface area contributed by atoms with Crippen molar-refractivity contribution in [3.8, 4) is 5.69 Å². The maximum Gasteiger partial charge on any atom is 0.242 e. The summed E-state index contributed by atoms with van der Waals surface area (Å²) >= 11 is 0. The van der Waals surface area contributed by atoms with E-state index in [1.54, 1.807) is 12.5 Å². The number of fused-ring (bicyclic) bond motifs is 1. The smallest absolute Gasteiger partial charge is 0.242 e. The van der Waals surface area contributed by atoms with E-state index in [1.807, 2.05) is 35.8 Å². The number of aryl methyl sites for hydroxylation is 1. The first-order valence-electron chi connectivity index (χ1n) is 14.1. The largest absolute Gasteiger partial charge is 0.395 e. The fourth-order valence-corrected chi connectivity index (χ4v) is 5.31. The van der Waals surface area contributed by atoms with Gasteiger partial charge in [-0.1, -0.05) is 52.3 Å². The first-order valence-corrected chi connectivity index (χ1v) is 14.1. The molecule has 0 fully saturated rings. The van der Waals surface area contributed by atoms with Crippen LogP contribution >= 0.6 is 0 Å². The number of hydrogen-bond acceptors (Lipinski definition) is 5. The van der Waals surface area contributed by atoms with Crippen molar-refractivity contribution in [1.29, 1.82) is 0 Å². The van der Waals surface area contributed by atoms with Crippen LogP contribution in [-0.2, 0) is 24.2 Å². The Balaban J connectivity index is 1.42. The molecule has 0 aliphatic heterocycles. The van der Waals surface area contributed by atoms with Crippen LogP contribution in [0.4, 0.5) is 14.6 Å². The standard InChI is InChI=1S/C31H41F2N5O2/c1-5-8-26(36-23-12-11-20-13-22(32)14-25(33)24(20)15-23)30(40)37-29-17-38(19-35-29)27-10-7-6-9-21(27)16-34-28(18-39)31(2,3)4/h6-7,9-10,13-14,17,19,23,26,28,34,36,39H,5,8,11-12,15-16,18H2,1-4H3,(H,37,40)/t23-,26+,28+/m0/s1. The second-order valence-electron chi connectivity index (χ2n) is 11.7. The number of halogens is 2. The zero-order chi connectivity index (χ0) is 28.9. The van der Waals surface area contributed by atoms with Gasteiger partial charge in [0, 0.05) is 24.7 Å². The Labute approximate surface area is 235 Å². The highest BCUT2D eigenvalue weighted by molar-refractivity contribution is 5.94. The number of aromatic nitrogens is 2. The molecule has 40 heavy (non-hydrogen) atoms. The number of amides is 1. The molecule has 216 valence electrons. The molecule has 1 aromatic heterocycles. The van der Waals surface area contributed by atoms with Gasteiger partial charge in [-0.15, -0.1) is 0 Å². The van der Waals surface area contributed by atoms with E-state index in [1.165, 1.54) is 6.07 Å². The predicted octanol–water partition coefficient (Wildman–Crippen LogP) is 4.90. The molecule has 2 aromatic carbocycles. The van der Waals surface area contributed by atoms with Gasteiger partial charge in [-0.3, -0.25) is 4.79 Å². The number of rotatable bonds is 11. The van der Waals surface area contributed by atoms with Crippen LogP contribution in [0.2, 0.25) is 0 Å². The summed E-state index contributed by atoms with van der Waals surface area (Å²) in [5.74, 6) is -0.828. The number of anilines is 1. The lowest BCUT2D eigenvalue weighted by molar-refractivity contribution is -0.118. The van der Waals surface area contributed by atoms with Crippen LogP contribution in [0.1, 0.15) is 63.6 Å². The summed E-state index contributed by atoms with van der Waals surface area (Å²) in [5.41, 5.74) is 3.11. The molecule has 4 rings (SSSR count). The number of para-hydroxylation sites is 1. The maximum atomic E-state index is 14.4. The lowest BCUT2D eigenvalue weighted by Crippen LogP contribution is -2.48. The fourth-order valence-electron chi connectivity index (χ4n) is 5.31. The molecule has 7 nitrogen and oxygen atoms in total. The quantitative estimate of drug-likeness (QED) is 0.271. The van der Waals surface area contributed by atoms with Crippen LogP contribution in [0, 0.1) is 17.0 Å². The highest BCUT2D eigenvalue weighted by Gasteiger charge is 2.27. The van der Waals surface area contributed by atoms with E-state index in [0.717, 1.165) is 23.7 Å². The molecule has 0 spiro atoms. The molecule has 1 aliphatic rings. The molecule has 1 amide bonds. The monoisotopic (exact) mass is 553 g/mol. The number of benzene rings is 2. The third-order valence-corrected chi connectivity index (χ3v) is 7.67. The van der Waals surface area contributed by atoms with Gasteiger partial charge in [0.2, 0.25) is 5.91 Å². The summed E-state index contributed by atoms with van der Waals surface area (Å²) in [6.45, 7) is 8.89. The van der Waals surface area contributed by atoms with Crippen LogP contribution in [0.15, 0.2) is 48.9 Å². The minimum atomic E-state index is -0.552. The van der Waals surface area contributed by atoms with Crippen molar-refractivity contribution in [2.75, 3.05) is 11.9 Å². The average molecular weight is 554 g/mol. The van der Waals surface area contributed by atoms with Gasteiger partial charge in [0.15, 0.2) is 5.82 Å². The lowest BCUT2D eigenvalue weighted by atomic mass is 9.87. The lowest BCUT2D eigenvalue weighted by Gasteiger charge is -2.30. The molecule has 0 bridgehead atoms. The fraction of sp³-hybridized carbons (Fsp3) is 0.484. The number of carbonyl (C=O) groups is 1. The summed E-state index contributed by atoms with van der Waals surface area (Å²) in [5, 5.41) is 19.6. The highest BCUT2D eigenvalue weighted by Crippen LogP contribution is 2.26. The normalized spacial score (nSPS) is 16.8. The molecule has 4 N–H and O–H groups in total. The third-order valence-electron chi connectivity index (χ3n) is 7.67. The van der Waals surface area contributed by atoms with Gasteiger partial charge < -0.3 is 25.6 Å². The van der Waals surface area contributed by atoms with Crippen LogP contribution in [-0.4, -0.2) is 45.3 Å². The second kappa shape index (κ2) is 13.0. The average Bonchev–Trinajstić information content (AvgIpc) is 3.36. The first-order chi connectivity index (χ1) is 19.1. The zero-order valence-corrected chi connectivity index (χ0v) is 23.8. The summed E-state index contributed by atoms with van der Waals surface area (Å²) in [7, 11) is 0.